The van der Waals surface area contributed by atoms with Crippen LogP contribution in [0.4, 0.5) is 10.5 Å². The van der Waals surface area contributed by atoms with E-state index in [1.54, 1.807) is 25.7 Å². The molecule has 2 aromatic carbocycles. The number of alkyl carbamates (subject to hydrolysis) is 1. The van der Waals surface area contributed by atoms with Gasteiger partial charge in [0.15, 0.2) is 0 Å². The minimum absolute atomic E-state index is 0.0581. The molecule has 3 amide bonds. The maximum atomic E-state index is 14.1. The summed E-state index contributed by atoms with van der Waals surface area (Å²) in [6.07, 6.45) is 3.02. The number of aryl methyl sites for hydroxylation is 3. The fourth-order valence-corrected chi connectivity index (χ4v) is 4.71. The second-order valence-corrected chi connectivity index (χ2v) is 11.4. The van der Waals surface area contributed by atoms with Gasteiger partial charge in [-0.3, -0.25) is 9.59 Å². The first-order valence-electron chi connectivity index (χ1n) is 13.7. The van der Waals surface area contributed by atoms with E-state index >= 15 is 0 Å². The molecule has 0 aliphatic rings. The zero-order chi connectivity index (χ0) is 29.2. The van der Waals surface area contributed by atoms with E-state index in [0.29, 0.717) is 6.54 Å². The van der Waals surface area contributed by atoms with Crippen LogP contribution < -0.4 is 10.6 Å². The first kappa shape index (κ1) is 32.2. The highest BCUT2D eigenvalue weighted by molar-refractivity contribution is 7.80. The summed E-state index contributed by atoms with van der Waals surface area (Å²) in [5.41, 5.74) is 3.52. The van der Waals surface area contributed by atoms with Crippen molar-refractivity contribution in [1.29, 1.82) is 0 Å². The first-order valence-corrected chi connectivity index (χ1v) is 14.4. The molecule has 7 nitrogen and oxygen atoms in total. The summed E-state index contributed by atoms with van der Waals surface area (Å²) < 4.78 is 5.40. The van der Waals surface area contributed by atoms with E-state index in [4.69, 9.17) is 4.74 Å². The number of anilines is 1. The van der Waals surface area contributed by atoms with E-state index in [1.165, 1.54) is 0 Å². The second-order valence-electron chi connectivity index (χ2n) is 11.0. The van der Waals surface area contributed by atoms with E-state index in [9.17, 15) is 14.4 Å². The lowest BCUT2D eigenvalue weighted by Gasteiger charge is -2.35. The number of hydrogen-bond acceptors (Lipinski definition) is 5. The molecule has 0 spiro atoms. The third kappa shape index (κ3) is 9.60. The number of nitrogens with zero attached hydrogens (tertiary/aromatic N) is 1. The lowest BCUT2D eigenvalue weighted by Crippen LogP contribution is -2.53. The monoisotopic (exact) mass is 555 g/mol. The Hall–Kier alpha value is -3.00. The Morgan fingerprint density at radius 2 is 1.54 bits per heavy atom. The zero-order valence-electron chi connectivity index (χ0n) is 24.5. The zero-order valence-corrected chi connectivity index (χ0v) is 25.4. The molecule has 39 heavy (non-hydrogen) atoms. The fourth-order valence-electron chi connectivity index (χ4n) is 4.46. The summed E-state index contributed by atoms with van der Waals surface area (Å²) in [4.78, 5) is 42.3. The van der Waals surface area contributed by atoms with Crippen LogP contribution >= 0.6 is 12.6 Å². The van der Waals surface area contributed by atoms with Gasteiger partial charge in [-0.15, -0.1) is 0 Å². The number of ether oxygens (including phenoxy) is 1. The molecule has 2 aromatic rings. The van der Waals surface area contributed by atoms with Crippen LogP contribution in [0, 0.1) is 20.8 Å². The summed E-state index contributed by atoms with van der Waals surface area (Å²) in [6.45, 7) is 13.6. The van der Waals surface area contributed by atoms with Crippen molar-refractivity contribution < 1.29 is 19.1 Å². The summed E-state index contributed by atoms with van der Waals surface area (Å²) in [5.74, 6) is -0.624. The van der Waals surface area contributed by atoms with Gasteiger partial charge in [-0.05, 0) is 70.2 Å². The smallest absolute Gasteiger partial charge is 0.408 e. The molecule has 0 bridgehead atoms. The number of rotatable bonds is 12. The topological polar surface area (TPSA) is 87.7 Å². The normalized spacial score (nSPS) is 12.8. The average molecular weight is 556 g/mol. The molecule has 0 heterocycles. The van der Waals surface area contributed by atoms with Gasteiger partial charge >= 0.3 is 6.09 Å². The molecule has 2 unspecified atom stereocenters. The first-order chi connectivity index (χ1) is 18.4. The Morgan fingerprint density at radius 1 is 0.923 bits per heavy atom. The number of carbonyl (C=O) groups is 3. The summed E-state index contributed by atoms with van der Waals surface area (Å²) in [5, 5.41) is 5.78. The van der Waals surface area contributed by atoms with Crippen LogP contribution in [0.15, 0.2) is 42.5 Å². The number of benzene rings is 2. The molecule has 0 fully saturated rings. The van der Waals surface area contributed by atoms with Gasteiger partial charge in [0.05, 0.1) is 0 Å². The van der Waals surface area contributed by atoms with Gasteiger partial charge in [-0.1, -0.05) is 68.7 Å². The van der Waals surface area contributed by atoms with Crippen molar-refractivity contribution in [3.8, 4) is 0 Å². The van der Waals surface area contributed by atoms with Crippen LogP contribution in [0.1, 0.15) is 81.7 Å². The molecule has 0 aliphatic heterocycles. The molecule has 0 radical (unpaired) electrons. The van der Waals surface area contributed by atoms with E-state index in [-0.39, 0.29) is 17.6 Å². The number of thiol groups is 1. The third-order valence-corrected chi connectivity index (χ3v) is 6.84. The highest BCUT2D eigenvalue weighted by Gasteiger charge is 2.36. The molecule has 0 saturated heterocycles. The predicted molar refractivity (Wildman–Crippen MR) is 161 cm³/mol. The predicted octanol–water partition coefficient (Wildman–Crippen LogP) is 6.52. The number of nitrogens with one attached hydrogen (secondary N) is 2. The molecule has 214 valence electrons. The quantitative estimate of drug-likeness (QED) is 0.205. The van der Waals surface area contributed by atoms with Crippen LogP contribution in [0.5, 0.6) is 0 Å². The average Bonchev–Trinajstić information content (AvgIpc) is 2.86. The highest BCUT2D eigenvalue weighted by Crippen LogP contribution is 2.29. The Labute approximate surface area is 239 Å². The van der Waals surface area contributed by atoms with Gasteiger partial charge in [-0.2, -0.15) is 12.6 Å². The maximum Gasteiger partial charge on any atom is 0.408 e. The lowest BCUT2D eigenvalue weighted by molar-refractivity contribution is -0.140. The minimum atomic E-state index is -0.964. The van der Waals surface area contributed by atoms with Crippen molar-refractivity contribution in [3.63, 3.8) is 0 Å². The Balaban J connectivity index is 2.53. The van der Waals surface area contributed by atoms with Crippen molar-refractivity contribution in [2.24, 2.45) is 0 Å². The standard InChI is InChI=1S/C31H45N3O4S/c1-8-9-10-13-19-34(29(36)25(20-39)32-30(37)38-31(5,6)7)27(24-18-12-11-15-21(24)2)28(35)33-26-22(3)16-14-17-23(26)4/h11-12,14-18,25,27,39H,8-10,13,19-20H2,1-7H3,(H,32,37)(H,33,35). The molecular formula is C31H45N3O4S. The third-order valence-electron chi connectivity index (χ3n) is 6.48. The molecular weight excluding hydrogens is 510 g/mol. The number of para-hydroxylation sites is 1. The fraction of sp³-hybridized carbons (Fsp3) is 0.516. The summed E-state index contributed by atoms with van der Waals surface area (Å²) in [6, 6.07) is 11.6. The van der Waals surface area contributed by atoms with Crippen molar-refractivity contribution >= 4 is 36.2 Å². The van der Waals surface area contributed by atoms with Gasteiger partial charge in [-0.25, -0.2) is 4.79 Å². The van der Waals surface area contributed by atoms with Crippen LogP contribution in [0.3, 0.4) is 0 Å². The molecule has 2 N–H and O–H groups in total. The van der Waals surface area contributed by atoms with Crippen molar-refractivity contribution in [2.75, 3.05) is 17.6 Å². The van der Waals surface area contributed by atoms with Crippen molar-refractivity contribution in [3.05, 3.63) is 64.7 Å². The lowest BCUT2D eigenvalue weighted by atomic mass is 9.97. The second kappa shape index (κ2) is 15.0. The summed E-state index contributed by atoms with van der Waals surface area (Å²) >= 11 is 4.38. The number of amides is 3. The Bertz CT molecular complexity index is 1110. The molecule has 2 rings (SSSR count). The Morgan fingerprint density at radius 3 is 2.10 bits per heavy atom. The summed E-state index contributed by atoms with van der Waals surface area (Å²) in [7, 11) is 0. The van der Waals surface area contributed by atoms with Crippen LogP contribution in [0.2, 0.25) is 0 Å². The van der Waals surface area contributed by atoms with Gasteiger partial charge in [0.25, 0.3) is 5.91 Å². The van der Waals surface area contributed by atoms with E-state index < -0.39 is 23.8 Å². The van der Waals surface area contributed by atoms with Crippen LogP contribution in [-0.2, 0) is 14.3 Å². The van der Waals surface area contributed by atoms with Gasteiger partial charge in [0, 0.05) is 18.0 Å². The highest BCUT2D eigenvalue weighted by atomic mass is 32.1. The molecule has 0 aromatic heterocycles. The van der Waals surface area contributed by atoms with E-state index in [2.05, 4.69) is 30.2 Å². The van der Waals surface area contributed by atoms with Crippen molar-refractivity contribution in [1.82, 2.24) is 10.2 Å². The van der Waals surface area contributed by atoms with Crippen LogP contribution in [0.25, 0.3) is 0 Å². The van der Waals surface area contributed by atoms with E-state index in [1.807, 2.05) is 63.2 Å². The molecule has 0 saturated carbocycles. The van der Waals surface area contributed by atoms with E-state index in [0.717, 1.165) is 53.6 Å². The van der Waals surface area contributed by atoms with Crippen molar-refractivity contribution in [2.45, 2.75) is 91.8 Å². The molecule has 8 heteroatoms. The van der Waals surface area contributed by atoms with Gasteiger partial charge in [0.2, 0.25) is 5.91 Å². The maximum absolute atomic E-state index is 14.1. The molecule has 2 atom stereocenters. The van der Waals surface area contributed by atoms with Gasteiger partial charge < -0.3 is 20.3 Å². The van der Waals surface area contributed by atoms with Crippen LogP contribution in [-0.4, -0.2) is 46.7 Å². The SMILES string of the molecule is CCCCCCN(C(=O)C(CS)NC(=O)OC(C)(C)C)C(C(=O)Nc1c(C)cccc1C)c1ccccc1C. The largest absolute Gasteiger partial charge is 0.444 e. The molecule has 0 aliphatic carbocycles. The van der Waals surface area contributed by atoms with Gasteiger partial charge in [0.1, 0.15) is 17.7 Å². The number of carbonyl (C=O) groups excluding carboxylic acids is 3. The minimum Gasteiger partial charge on any atom is -0.444 e. The Kier molecular flexibility index (Phi) is 12.4. The number of hydrogen-bond donors (Lipinski definition) is 3. The number of unbranched alkanes of at least 4 members (excludes halogenated alkanes) is 3.